The summed E-state index contributed by atoms with van der Waals surface area (Å²) in [5, 5.41) is 3.55. The van der Waals surface area contributed by atoms with E-state index in [2.05, 4.69) is 5.32 Å². The zero-order valence-electron chi connectivity index (χ0n) is 17.1. The molecular formula is C24H21N3O3S. The number of nitrogens with one attached hydrogen (secondary N) is 1. The second-order valence-corrected chi connectivity index (χ2v) is 9.36. The van der Waals surface area contributed by atoms with Crippen LogP contribution < -0.4 is 5.32 Å². The number of carbonyl (C=O) groups excluding carboxylic acids is 1. The first-order chi connectivity index (χ1) is 14.9. The van der Waals surface area contributed by atoms with Crippen molar-refractivity contribution in [3.05, 3.63) is 90.5 Å². The van der Waals surface area contributed by atoms with Gasteiger partial charge in [-0.2, -0.15) is 0 Å². The highest BCUT2D eigenvalue weighted by Crippen LogP contribution is 2.26. The fourth-order valence-electron chi connectivity index (χ4n) is 3.26. The molecule has 0 saturated carbocycles. The van der Waals surface area contributed by atoms with E-state index < -0.39 is 10.0 Å². The molecule has 4 rings (SSSR count). The standard InChI is InChI=1S/C24H21N3O3S/c1-27(2)31(29,30)19-12-8-11-18(15-19)25-24(28)21-16-23(17-9-4-3-5-10-17)26-22-14-7-6-13-20(21)22/h3-16H,1-2H3,(H,25,28). The minimum absolute atomic E-state index is 0.111. The molecule has 0 aliphatic heterocycles. The molecular weight excluding hydrogens is 410 g/mol. The van der Waals surface area contributed by atoms with Gasteiger partial charge in [0.1, 0.15) is 0 Å². The molecule has 1 N–H and O–H groups in total. The Morgan fingerprint density at radius 1 is 0.871 bits per heavy atom. The number of benzene rings is 3. The van der Waals surface area contributed by atoms with Gasteiger partial charge in [-0.3, -0.25) is 4.79 Å². The number of para-hydroxylation sites is 1. The maximum absolute atomic E-state index is 13.2. The predicted octanol–water partition coefficient (Wildman–Crippen LogP) is 4.40. The van der Waals surface area contributed by atoms with Crippen LogP contribution in [0.15, 0.2) is 89.8 Å². The molecule has 3 aromatic carbocycles. The van der Waals surface area contributed by atoms with E-state index in [9.17, 15) is 13.2 Å². The Bertz CT molecular complexity index is 1370. The molecule has 6 nitrogen and oxygen atoms in total. The number of nitrogens with zero attached hydrogens (tertiary/aromatic N) is 2. The quantitative estimate of drug-likeness (QED) is 0.508. The second-order valence-electron chi connectivity index (χ2n) is 7.21. The van der Waals surface area contributed by atoms with Crippen molar-refractivity contribution in [1.29, 1.82) is 0 Å². The summed E-state index contributed by atoms with van der Waals surface area (Å²) in [4.78, 5) is 18.0. The molecule has 0 fully saturated rings. The van der Waals surface area contributed by atoms with Gasteiger partial charge in [0.25, 0.3) is 5.91 Å². The van der Waals surface area contributed by atoms with Crippen LogP contribution in [0.2, 0.25) is 0 Å². The van der Waals surface area contributed by atoms with Crippen molar-refractivity contribution in [2.24, 2.45) is 0 Å². The van der Waals surface area contributed by atoms with Gasteiger partial charge in [-0.15, -0.1) is 0 Å². The van der Waals surface area contributed by atoms with Gasteiger partial charge in [0, 0.05) is 30.7 Å². The van der Waals surface area contributed by atoms with E-state index in [-0.39, 0.29) is 10.8 Å². The first-order valence-corrected chi connectivity index (χ1v) is 11.1. The molecule has 0 saturated heterocycles. The lowest BCUT2D eigenvalue weighted by Crippen LogP contribution is -2.22. The molecule has 1 amide bonds. The van der Waals surface area contributed by atoms with Crippen molar-refractivity contribution in [3.8, 4) is 11.3 Å². The molecule has 0 unspecified atom stereocenters. The van der Waals surface area contributed by atoms with Crippen molar-refractivity contribution < 1.29 is 13.2 Å². The lowest BCUT2D eigenvalue weighted by molar-refractivity contribution is 0.102. The molecule has 0 radical (unpaired) electrons. The van der Waals surface area contributed by atoms with E-state index in [0.29, 0.717) is 22.5 Å². The highest BCUT2D eigenvalue weighted by atomic mass is 32.2. The number of sulfonamides is 1. The van der Waals surface area contributed by atoms with Crippen molar-refractivity contribution >= 4 is 32.5 Å². The minimum Gasteiger partial charge on any atom is -0.322 e. The Kier molecular flexibility index (Phi) is 5.54. The fraction of sp³-hybridized carbons (Fsp3) is 0.0833. The number of rotatable bonds is 5. The normalized spacial score (nSPS) is 11.6. The van der Waals surface area contributed by atoms with Gasteiger partial charge in [-0.25, -0.2) is 17.7 Å². The van der Waals surface area contributed by atoms with Crippen LogP contribution in [0.25, 0.3) is 22.2 Å². The first kappa shape index (κ1) is 20.7. The third-order valence-corrected chi connectivity index (χ3v) is 6.71. The number of hydrogen-bond acceptors (Lipinski definition) is 4. The molecule has 1 heterocycles. The van der Waals surface area contributed by atoms with E-state index in [0.717, 1.165) is 15.3 Å². The lowest BCUT2D eigenvalue weighted by Gasteiger charge is -2.13. The van der Waals surface area contributed by atoms with Gasteiger partial charge >= 0.3 is 0 Å². The smallest absolute Gasteiger partial charge is 0.256 e. The predicted molar refractivity (Wildman–Crippen MR) is 122 cm³/mol. The van der Waals surface area contributed by atoms with Gasteiger partial charge in [0.05, 0.1) is 21.7 Å². The SMILES string of the molecule is CN(C)S(=O)(=O)c1cccc(NC(=O)c2cc(-c3ccccc3)nc3ccccc23)c1. The highest BCUT2D eigenvalue weighted by Gasteiger charge is 2.19. The van der Waals surface area contributed by atoms with Gasteiger partial charge in [0.15, 0.2) is 0 Å². The van der Waals surface area contributed by atoms with Crippen LogP contribution in [0.4, 0.5) is 5.69 Å². The van der Waals surface area contributed by atoms with Gasteiger partial charge in [-0.05, 0) is 30.3 Å². The topological polar surface area (TPSA) is 79.4 Å². The average Bonchev–Trinajstić information content (AvgIpc) is 2.79. The number of amides is 1. The van der Waals surface area contributed by atoms with Crippen LogP contribution in [-0.4, -0.2) is 37.7 Å². The Morgan fingerprint density at radius 2 is 1.58 bits per heavy atom. The van der Waals surface area contributed by atoms with E-state index >= 15 is 0 Å². The van der Waals surface area contributed by atoms with Crippen LogP contribution in [0.3, 0.4) is 0 Å². The zero-order valence-corrected chi connectivity index (χ0v) is 17.9. The summed E-state index contributed by atoms with van der Waals surface area (Å²) < 4.78 is 26.0. The Morgan fingerprint density at radius 3 is 2.32 bits per heavy atom. The number of hydrogen-bond donors (Lipinski definition) is 1. The monoisotopic (exact) mass is 431 g/mol. The first-order valence-electron chi connectivity index (χ1n) is 9.65. The molecule has 31 heavy (non-hydrogen) atoms. The highest BCUT2D eigenvalue weighted by molar-refractivity contribution is 7.89. The molecule has 0 spiro atoms. The largest absolute Gasteiger partial charge is 0.322 e. The number of anilines is 1. The summed E-state index contributed by atoms with van der Waals surface area (Å²) >= 11 is 0. The Labute approximate surface area is 181 Å². The maximum Gasteiger partial charge on any atom is 0.256 e. The molecule has 0 aliphatic rings. The Balaban J connectivity index is 1.75. The molecule has 1 aromatic heterocycles. The molecule has 0 aliphatic carbocycles. The third kappa shape index (κ3) is 4.19. The summed E-state index contributed by atoms with van der Waals surface area (Å²) in [5.41, 5.74) is 3.16. The fourth-order valence-corrected chi connectivity index (χ4v) is 4.21. The van der Waals surface area contributed by atoms with Gasteiger partial charge in [0.2, 0.25) is 10.0 Å². The molecule has 4 aromatic rings. The van der Waals surface area contributed by atoms with Crippen molar-refractivity contribution in [2.75, 3.05) is 19.4 Å². The molecule has 156 valence electrons. The van der Waals surface area contributed by atoms with E-state index in [1.54, 1.807) is 18.2 Å². The summed E-state index contributed by atoms with van der Waals surface area (Å²) in [7, 11) is -0.671. The second kappa shape index (κ2) is 8.29. The zero-order chi connectivity index (χ0) is 22.0. The molecule has 7 heteroatoms. The average molecular weight is 432 g/mol. The van der Waals surface area contributed by atoms with Gasteiger partial charge in [-0.1, -0.05) is 54.6 Å². The number of pyridine rings is 1. The number of carbonyl (C=O) groups is 1. The maximum atomic E-state index is 13.2. The summed E-state index contributed by atoms with van der Waals surface area (Å²) in [6, 6.07) is 25.1. The van der Waals surface area contributed by atoms with Crippen molar-refractivity contribution in [1.82, 2.24) is 9.29 Å². The molecule has 0 bridgehead atoms. The summed E-state index contributed by atoms with van der Waals surface area (Å²) in [5.74, 6) is -0.338. The van der Waals surface area contributed by atoms with E-state index in [1.807, 2.05) is 54.6 Å². The third-order valence-electron chi connectivity index (χ3n) is 4.90. The Hall–Kier alpha value is -3.55. The van der Waals surface area contributed by atoms with Crippen LogP contribution in [-0.2, 0) is 10.0 Å². The number of aromatic nitrogens is 1. The van der Waals surface area contributed by atoms with Crippen molar-refractivity contribution in [2.45, 2.75) is 4.90 Å². The van der Waals surface area contributed by atoms with Crippen LogP contribution in [0.5, 0.6) is 0 Å². The lowest BCUT2D eigenvalue weighted by atomic mass is 10.0. The van der Waals surface area contributed by atoms with E-state index in [1.165, 1.54) is 26.2 Å². The minimum atomic E-state index is -3.61. The summed E-state index contributed by atoms with van der Waals surface area (Å²) in [6.07, 6.45) is 0. The molecule has 0 atom stereocenters. The van der Waals surface area contributed by atoms with Gasteiger partial charge < -0.3 is 5.32 Å². The van der Waals surface area contributed by atoms with E-state index in [4.69, 9.17) is 4.98 Å². The van der Waals surface area contributed by atoms with Crippen LogP contribution in [0, 0.1) is 0 Å². The van der Waals surface area contributed by atoms with Crippen LogP contribution >= 0.6 is 0 Å². The van der Waals surface area contributed by atoms with Crippen LogP contribution in [0.1, 0.15) is 10.4 Å². The summed E-state index contributed by atoms with van der Waals surface area (Å²) in [6.45, 7) is 0. The number of fused-ring (bicyclic) bond motifs is 1. The van der Waals surface area contributed by atoms with Crippen molar-refractivity contribution in [3.63, 3.8) is 0 Å².